The number of hydrogen-bond acceptors (Lipinski definition) is 1. The lowest BCUT2D eigenvalue weighted by Crippen LogP contribution is -2.08. The lowest BCUT2D eigenvalue weighted by Gasteiger charge is -2.10. The smallest absolute Gasteiger partial charge is 0.0456 e. The SMILES string of the molecule is Clc1ccc([C@@H]2CCNC2)c(Cl)c1. The molecule has 0 aromatic heterocycles. The fourth-order valence-corrected chi connectivity index (χ4v) is 2.32. The molecular formula is C10H11Cl2N. The molecule has 0 unspecified atom stereocenters. The Bertz CT molecular complexity index is 306. The van der Waals surface area contributed by atoms with Crippen LogP contribution in [0.2, 0.25) is 10.0 Å². The van der Waals surface area contributed by atoms with Crippen LogP contribution in [0.1, 0.15) is 17.9 Å². The second-order valence-corrected chi connectivity index (χ2v) is 4.20. The van der Waals surface area contributed by atoms with Crippen LogP contribution in [0.4, 0.5) is 0 Å². The Morgan fingerprint density at radius 1 is 1.31 bits per heavy atom. The Balaban J connectivity index is 2.29. The van der Waals surface area contributed by atoms with Gasteiger partial charge in [0.05, 0.1) is 0 Å². The summed E-state index contributed by atoms with van der Waals surface area (Å²) in [5.41, 5.74) is 1.22. The van der Waals surface area contributed by atoms with Crippen molar-refractivity contribution in [1.82, 2.24) is 5.32 Å². The molecule has 0 saturated carbocycles. The second-order valence-electron chi connectivity index (χ2n) is 3.36. The van der Waals surface area contributed by atoms with Gasteiger partial charge in [-0.15, -0.1) is 0 Å². The van der Waals surface area contributed by atoms with Crippen molar-refractivity contribution in [3.8, 4) is 0 Å². The summed E-state index contributed by atoms with van der Waals surface area (Å²) in [5.74, 6) is 0.560. The van der Waals surface area contributed by atoms with E-state index < -0.39 is 0 Å². The summed E-state index contributed by atoms with van der Waals surface area (Å²) in [6, 6.07) is 5.75. The molecular weight excluding hydrogens is 205 g/mol. The molecule has 1 nitrogen and oxygen atoms in total. The molecule has 1 heterocycles. The van der Waals surface area contributed by atoms with Gasteiger partial charge in [-0.2, -0.15) is 0 Å². The molecule has 0 spiro atoms. The standard InChI is InChI=1S/C10H11Cl2N/c11-8-1-2-9(10(12)5-8)7-3-4-13-6-7/h1-2,5,7,13H,3-4,6H2/t7-/m1/s1. The monoisotopic (exact) mass is 215 g/mol. The molecule has 0 radical (unpaired) electrons. The minimum atomic E-state index is 0.560. The topological polar surface area (TPSA) is 12.0 Å². The molecule has 2 rings (SSSR count). The van der Waals surface area contributed by atoms with E-state index in [0.29, 0.717) is 10.9 Å². The van der Waals surface area contributed by atoms with Crippen molar-refractivity contribution < 1.29 is 0 Å². The van der Waals surface area contributed by atoms with Crippen LogP contribution in [0.5, 0.6) is 0 Å². The average Bonchev–Trinajstić information content (AvgIpc) is 2.56. The van der Waals surface area contributed by atoms with E-state index in [1.807, 2.05) is 18.2 Å². The first-order chi connectivity index (χ1) is 6.27. The van der Waals surface area contributed by atoms with Crippen molar-refractivity contribution in [2.75, 3.05) is 13.1 Å². The van der Waals surface area contributed by atoms with E-state index >= 15 is 0 Å². The highest BCUT2D eigenvalue weighted by Crippen LogP contribution is 2.30. The van der Waals surface area contributed by atoms with Gasteiger partial charge < -0.3 is 5.32 Å². The van der Waals surface area contributed by atoms with Gasteiger partial charge in [0.2, 0.25) is 0 Å². The largest absolute Gasteiger partial charge is 0.316 e. The van der Waals surface area contributed by atoms with Gasteiger partial charge in [-0.05, 0) is 36.6 Å². The summed E-state index contributed by atoms with van der Waals surface area (Å²) in [6.45, 7) is 2.12. The third-order valence-electron chi connectivity index (χ3n) is 2.46. The number of halogens is 2. The van der Waals surface area contributed by atoms with E-state index in [1.54, 1.807) is 0 Å². The van der Waals surface area contributed by atoms with E-state index in [9.17, 15) is 0 Å². The van der Waals surface area contributed by atoms with Crippen molar-refractivity contribution in [2.45, 2.75) is 12.3 Å². The van der Waals surface area contributed by atoms with Crippen LogP contribution in [-0.2, 0) is 0 Å². The molecule has 1 fully saturated rings. The summed E-state index contributed by atoms with van der Waals surface area (Å²) in [6.07, 6.45) is 1.17. The maximum Gasteiger partial charge on any atom is 0.0456 e. The molecule has 1 aliphatic heterocycles. The molecule has 1 N–H and O–H groups in total. The van der Waals surface area contributed by atoms with E-state index in [-0.39, 0.29) is 0 Å². The number of nitrogens with one attached hydrogen (secondary N) is 1. The first-order valence-corrected chi connectivity index (χ1v) is 5.18. The number of rotatable bonds is 1. The lowest BCUT2D eigenvalue weighted by molar-refractivity contribution is 0.764. The van der Waals surface area contributed by atoms with Crippen molar-refractivity contribution in [3.63, 3.8) is 0 Å². The zero-order valence-corrected chi connectivity index (χ0v) is 8.70. The zero-order valence-electron chi connectivity index (χ0n) is 7.19. The first kappa shape index (κ1) is 9.32. The summed E-state index contributed by atoms with van der Waals surface area (Å²) in [7, 11) is 0. The summed E-state index contributed by atoms with van der Waals surface area (Å²) in [4.78, 5) is 0. The fourth-order valence-electron chi connectivity index (χ4n) is 1.75. The second kappa shape index (κ2) is 3.87. The van der Waals surface area contributed by atoms with Gasteiger partial charge in [-0.25, -0.2) is 0 Å². The molecule has 0 bridgehead atoms. The molecule has 70 valence electrons. The minimum absolute atomic E-state index is 0.560. The van der Waals surface area contributed by atoms with Gasteiger partial charge in [-0.1, -0.05) is 29.3 Å². The Hall–Kier alpha value is -0.240. The molecule has 0 amide bonds. The predicted octanol–water partition coefficient (Wildman–Crippen LogP) is 3.07. The van der Waals surface area contributed by atoms with Gasteiger partial charge in [0.25, 0.3) is 0 Å². The van der Waals surface area contributed by atoms with Gasteiger partial charge >= 0.3 is 0 Å². The van der Waals surface area contributed by atoms with Gasteiger partial charge in [0.15, 0.2) is 0 Å². The Morgan fingerprint density at radius 2 is 2.15 bits per heavy atom. The van der Waals surface area contributed by atoms with E-state index in [0.717, 1.165) is 18.1 Å². The lowest BCUT2D eigenvalue weighted by atomic mass is 9.99. The van der Waals surface area contributed by atoms with Crippen LogP contribution >= 0.6 is 23.2 Å². The van der Waals surface area contributed by atoms with Gasteiger partial charge in [0, 0.05) is 16.6 Å². The van der Waals surface area contributed by atoms with Crippen LogP contribution < -0.4 is 5.32 Å². The summed E-state index contributed by atoms with van der Waals surface area (Å²) in [5, 5.41) is 4.82. The van der Waals surface area contributed by atoms with E-state index in [1.165, 1.54) is 12.0 Å². The Morgan fingerprint density at radius 3 is 2.77 bits per heavy atom. The highest BCUT2D eigenvalue weighted by atomic mass is 35.5. The molecule has 13 heavy (non-hydrogen) atoms. The van der Waals surface area contributed by atoms with Gasteiger partial charge in [-0.3, -0.25) is 0 Å². The van der Waals surface area contributed by atoms with Crippen LogP contribution in [-0.4, -0.2) is 13.1 Å². The van der Waals surface area contributed by atoms with Crippen LogP contribution in [0.15, 0.2) is 18.2 Å². The fraction of sp³-hybridized carbons (Fsp3) is 0.400. The molecule has 1 aromatic carbocycles. The molecule has 1 atom stereocenters. The quantitative estimate of drug-likeness (QED) is 0.760. The highest BCUT2D eigenvalue weighted by molar-refractivity contribution is 6.35. The normalized spacial score (nSPS) is 22.2. The Kier molecular flexibility index (Phi) is 2.77. The summed E-state index contributed by atoms with van der Waals surface area (Å²) < 4.78 is 0. The van der Waals surface area contributed by atoms with E-state index in [4.69, 9.17) is 23.2 Å². The maximum atomic E-state index is 6.10. The van der Waals surface area contributed by atoms with Gasteiger partial charge in [0.1, 0.15) is 0 Å². The van der Waals surface area contributed by atoms with Crippen molar-refractivity contribution in [1.29, 1.82) is 0 Å². The Labute approximate surface area is 88.0 Å². The van der Waals surface area contributed by atoms with Crippen LogP contribution in [0.25, 0.3) is 0 Å². The van der Waals surface area contributed by atoms with E-state index in [2.05, 4.69) is 5.32 Å². The predicted molar refractivity (Wildman–Crippen MR) is 56.7 cm³/mol. The van der Waals surface area contributed by atoms with Crippen molar-refractivity contribution >= 4 is 23.2 Å². The number of hydrogen-bond donors (Lipinski definition) is 1. The average molecular weight is 216 g/mol. The first-order valence-electron chi connectivity index (χ1n) is 4.43. The van der Waals surface area contributed by atoms with Crippen LogP contribution in [0, 0.1) is 0 Å². The summed E-state index contributed by atoms with van der Waals surface area (Å²) >= 11 is 11.9. The molecule has 1 aliphatic rings. The van der Waals surface area contributed by atoms with Crippen molar-refractivity contribution in [3.05, 3.63) is 33.8 Å². The third kappa shape index (κ3) is 1.98. The molecule has 0 aliphatic carbocycles. The molecule has 3 heteroatoms. The maximum absolute atomic E-state index is 6.10. The highest BCUT2D eigenvalue weighted by Gasteiger charge is 2.18. The molecule has 1 aromatic rings. The third-order valence-corrected chi connectivity index (χ3v) is 3.03. The molecule has 1 saturated heterocycles. The van der Waals surface area contributed by atoms with Crippen LogP contribution in [0.3, 0.4) is 0 Å². The number of benzene rings is 1. The van der Waals surface area contributed by atoms with Crippen molar-refractivity contribution in [2.24, 2.45) is 0 Å². The zero-order chi connectivity index (χ0) is 9.26. The minimum Gasteiger partial charge on any atom is -0.316 e.